The van der Waals surface area contributed by atoms with Crippen LogP contribution in [-0.4, -0.2) is 22.4 Å². The molecule has 1 aromatic heterocycles. The van der Waals surface area contributed by atoms with E-state index in [9.17, 15) is 9.18 Å². The summed E-state index contributed by atoms with van der Waals surface area (Å²) in [5, 5.41) is 2.94. The van der Waals surface area contributed by atoms with Crippen molar-refractivity contribution in [2.24, 2.45) is 0 Å². The first kappa shape index (κ1) is 18.7. The van der Waals surface area contributed by atoms with Crippen LogP contribution >= 0.6 is 0 Å². The van der Waals surface area contributed by atoms with Crippen LogP contribution in [0.25, 0.3) is 22.2 Å². The number of hydrogen-bond acceptors (Lipinski definition) is 3. The summed E-state index contributed by atoms with van der Waals surface area (Å²) in [6.07, 6.45) is 4.89. The molecule has 1 N–H and O–H groups in total. The standard InChI is InChI=1S/C24H20FN3O/c25-21-6-2-1-5-20(21)18-9-7-17(8-10-18)4-3-13-28-24(29)19-11-12-22-23(16-19)27-15-14-26-22/h1-2,5-12,14-16H,3-4,13H2,(H,28,29). The minimum atomic E-state index is -0.220. The molecular weight excluding hydrogens is 365 g/mol. The molecule has 0 radical (unpaired) electrons. The van der Waals surface area contributed by atoms with Gasteiger partial charge in [-0.25, -0.2) is 4.39 Å². The van der Waals surface area contributed by atoms with Gasteiger partial charge in [-0.05, 0) is 48.2 Å². The number of nitrogens with one attached hydrogen (secondary N) is 1. The van der Waals surface area contributed by atoms with Crippen LogP contribution in [0, 0.1) is 5.82 Å². The van der Waals surface area contributed by atoms with Crippen LogP contribution in [0.15, 0.2) is 79.1 Å². The number of carbonyl (C=O) groups is 1. The van der Waals surface area contributed by atoms with Crippen LogP contribution in [0.2, 0.25) is 0 Å². The van der Waals surface area contributed by atoms with Gasteiger partial charge in [0.15, 0.2) is 0 Å². The number of aromatic nitrogens is 2. The molecule has 0 spiro atoms. The zero-order valence-corrected chi connectivity index (χ0v) is 15.8. The summed E-state index contributed by atoms with van der Waals surface area (Å²) in [5.74, 6) is -0.338. The molecule has 1 heterocycles. The normalized spacial score (nSPS) is 10.8. The molecule has 0 aliphatic carbocycles. The molecule has 0 saturated carbocycles. The van der Waals surface area contributed by atoms with Crippen molar-refractivity contribution in [2.45, 2.75) is 12.8 Å². The topological polar surface area (TPSA) is 54.9 Å². The molecule has 4 rings (SSSR count). The third-order valence-corrected chi connectivity index (χ3v) is 4.80. The van der Waals surface area contributed by atoms with Gasteiger partial charge in [0.05, 0.1) is 11.0 Å². The molecule has 0 unspecified atom stereocenters. The maximum absolute atomic E-state index is 13.9. The summed E-state index contributed by atoms with van der Waals surface area (Å²) in [6, 6.07) is 19.9. The Kier molecular flexibility index (Phi) is 5.56. The van der Waals surface area contributed by atoms with Crippen molar-refractivity contribution in [1.82, 2.24) is 15.3 Å². The first-order chi connectivity index (χ1) is 14.2. The van der Waals surface area contributed by atoms with Crippen molar-refractivity contribution in [2.75, 3.05) is 6.54 Å². The molecule has 4 nitrogen and oxygen atoms in total. The highest BCUT2D eigenvalue weighted by Crippen LogP contribution is 2.23. The van der Waals surface area contributed by atoms with Crippen molar-refractivity contribution in [3.8, 4) is 11.1 Å². The van der Waals surface area contributed by atoms with E-state index in [2.05, 4.69) is 15.3 Å². The largest absolute Gasteiger partial charge is 0.352 e. The summed E-state index contributed by atoms with van der Waals surface area (Å²) in [5.41, 5.74) is 4.66. The Bertz CT molecular complexity index is 1140. The van der Waals surface area contributed by atoms with E-state index in [1.54, 1.807) is 42.7 Å². The Morgan fingerprint density at radius 3 is 2.45 bits per heavy atom. The van der Waals surface area contributed by atoms with E-state index in [-0.39, 0.29) is 11.7 Å². The smallest absolute Gasteiger partial charge is 0.251 e. The van der Waals surface area contributed by atoms with E-state index in [0.29, 0.717) is 23.2 Å². The van der Waals surface area contributed by atoms with Gasteiger partial charge in [0.25, 0.3) is 5.91 Å². The Morgan fingerprint density at radius 2 is 1.66 bits per heavy atom. The van der Waals surface area contributed by atoms with Gasteiger partial charge in [0.1, 0.15) is 5.82 Å². The summed E-state index contributed by atoms with van der Waals surface area (Å²) in [6.45, 7) is 0.576. The fraction of sp³-hybridized carbons (Fsp3) is 0.125. The Balaban J connectivity index is 1.30. The number of hydrogen-bond donors (Lipinski definition) is 1. The number of benzene rings is 3. The molecule has 144 valence electrons. The molecule has 0 saturated heterocycles. The van der Waals surface area contributed by atoms with E-state index >= 15 is 0 Å². The van der Waals surface area contributed by atoms with Crippen LogP contribution in [0.3, 0.4) is 0 Å². The zero-order valence-electron chi connectivity index (χ0n) is 15.8. The lowest BCUT2D eigenvalue weighted by Gasteiger charge is -2.07. The van der Waals surface area contributed by atoms with Crippen LogP contribution in [0.4, 0.5) is 4.39 Å². The van der Waals surface area contributed by atoms with Crippen LogP contribution in [0.1, 0.15) is 22.3 Å². The minimum absolute atomic E-state index is 0.118. The van der Waals surface area contributed by atoms with Crippen LogP contribution in [-0.2, 0) is 6.42 Å². The molecular formula is C24H20FN3O. The summed E-state index contributed by atoms with van der Waals surface area (Å²) >= 11 is 0. The Hall–Kier alpha value is -3.60. The Labute approximate surface area is 168 Å². The highest BCUT2D eigenvalue weighted by Gasteiger charge is 2.07. The molecule has 0 atom stereocenters. The van der Waals surface area contributed by atoms with Gasteiger partial charge in [0, 0.05) is 30.1 Å². The lowest BCUT2D eigenvalue weighted by atomic mass is 10.0. The average molecular weight is 385 g/mol. The molecule has 1 amide bonds. The molecule has 0 aliphatic rings. The van der Waals surface area contributed by atoms with Crippen molar-refractivity contribution < 1.29 is 9.18 Å². The quantitative estimate of drug-likeness (QED) is 0.485. The number of carbonyl (C=O) groups excluding carboxylic acids is 1. The van der Waals surface area contributed by atoms with Crippen molar-refractivity contribution >= 4 is 16.9 Å². The van der Waals surface area contributed by atoms with E-state index in [0.717, 1.165) is 29.5 Å². The highest BCUT2D eigenvalue weighted by atomic mass is 19.1. The predicted molar refractivity (Wildman–Crippen MR) is 112 cm³/mol. The number of fused-ring (bicyclic) bond motifs is 1. The van der Waals surface area contributed by atoms with Crippen LogP contribution in [0.5, 0.6) is 0 Å². The van der Waals surface area contributed by atoms with Gasteiger partial charge in [-0.3, -0.25) is 14.8 Å². The first-order valence-corrected chi connectivity index (χ1v) is 9.53. The molecule has 3 aromatic carbocycles. The number of nitrogens with zero attached hydrogens (tertiary/aromatic N) is 2. The number of aryl methyl sites for hydroxylation is 1. The van der Waals surface area contributed by atoms with E-state index in [1.165, 1.54) is 6.07 Å². The molecule has 5 heteroatoms. The van der Waals surface area contributed by atoms with Gasteiger partial charge in [0.2, 0.25) is 0 Å². The summed E-state index contributed by atoms with van der Waals surface area (Å²) in [7, 11) is 0. The molecule has 29 heavy (non-hydrogen) atoms. The summed E-state index contributed by atoms with van der Waals surface area (Å²) < 4.78 is 13.9. The van der Waals surface area contributed by atoms with Gasteiger partial charge < -0.3 is 5.32 Å². The van der Waals surface area contributed by atoms with E-state index in [4.69, 9.17) is 0 Å². The number of amides is 1. The van der Waals surface area contributed by atoms with E-state index in [1.807, 2.05) is 30.3 Å². The third kappa shape index (κ3) is 4.46. The maximum atomic E-state index is 13.9. The fourth-order valence-electron chi connectivity index (χ4n) is 3.25. The average Bonchev–Trinajstić information content (AvgIpc) is 2.77. The monoisotopic (exact) mass is 385 g/mol. The van der Waals surface area contributed by atoms with E-state index < -0.39 is 0 Å². The van der Waals surface area contributed by atoms with Crippen LogP contribution < -0.4 is 5.32 Å². The molecule has 4 aromatic rings. The lowest BCUT2D eigenvalue weighted by molar-refractivity contribution is 0.0953. The maximum Gasteiger partial charge on any atom is 0.251 e. The molecule has 0 fully saturated rings. The second kappa shape index (κ2) is 8.61. The second-order valence-electron chi connectivity index (χ2n) is 6.80. The number of rotatable bonds is 6. The minimum Gasteiger partial charge on any atom is -0.352 e. The Morgan fingerprint density at radius 1 is 0.897 bits per heavy atom. The van der Waals surface area contributed by atoms with Gasteiger partial charge in [-0.2, -0.15) is 0 Å². The van der Waals surface area contributed by atoms with Crippen molar-refractivity contribution in [3.05, 3.63) is 96.1 Å². The molecule has 0 aliphatic heterocycles. The van der Waals surface area contributed by atoms with Gasteiger partial charge >= 0.3 is 0 Å². The second-order valence-corrected chi connectivity index (χ2v) is 6.80. The highest BCUT2D eigenvalue weighted by molar-refractivity contribution is 5.97. The summed E-state index contributed by atoms with van der Waals surface area (Å²) in [4.78, 5) is 20.8. The third-order valence-electron chi connectivity index (χ3n) is 4.80. The van der Waals surface area contributed by atoms with Crippen molar-refractivity contribution in [1.29, 1.82) is 0 Å². The zero-order chi connectivity index (χ0) is 20.1. The lowest BCUT2D eigenvalue weighted by Crippen LogP contribution is -2.24. The fourth-order valence-corrected chi connectivity index (χ4v) is 3.25. The number of halogens is 1. The first-order valence-electron chi connectivity index (χ1n) is 9.53. The van der Waals surface area contributed by atoms with Crippen molar-refractivity contribution in [3.63, 3.8) is 0 Å². The SMILES string of the molecule is O=C(NCCCc1ccc(-c2ccccc2F)cc1)c1ccc2nccnc2c1. The van der Waals surface area contributed by atoms with Gasteiger partial charge in [-0.1, -0.05) is 42.5 Å². The van der Waals surface area contributed by atoms with Gasteiger partial charge in [-0.15, -0.1) is 0 Å². The predicted octanol–water partition coefficient (Wildman–Crippen LogP) is 4.80. The molecule has 0 bridgehead atoms.